The molecule has 0 aliphatic carbocycles. The Balaban J connectivity index is 2.11. The van der Waals surface area contributed by atoms with Gasteiger partial charge in [0.2, 0.25) is 0 Å². The summed E-state index contributed by atoms with van der Waals surface area (Å²) in [6.07, 6.45) is 0.902. The molecule has 0 unspecified atom stereocenters. The predicted octanol–water partition coefficient (Wildman–Crippen LogP) is 1.91. The number of urea groups is 1. The van der Waals surface area contributed by atoms with E-state index in [-0.39, 0.29) is 11.8 Å². The molecule has 0 heterocycles. The van der Waals surface area contributed by atoms with Crippen molar-refractivity contribution in [2.45, 2.75) is 13.3 Å². The van der Waals surface area contributed by atoms with Crippen molar-refractivity contribution in [2.75, 3.05) is 19.7 Å². The Morgan fingerprint density at radius 2 is 1.88 bits per heavy atom. The van der Waals surface area contributed by atoms with Crippen molar-refractivity contribution in [3.05, 3.63) is 30.1 Å². The summed E-state index contributed by atoms with van der Waals surface area (Å²) in [4.78, 5) is 11.1. The minimum Gasteiger partial charge on any atom is -0.492 e. The third kappa shape index (κ3) is 5.75. The lowest BCUT2D eigenvalue weighted by Crippen LogP contribution is -2.37. The fourth-order valence-corrected chi connectivity index (χ4v) is 1.17. The van der Waals surface area contributed by atoms with Crippen molar-refractivity contribution in [1.82, 2.24) is 10.6 Å². The van der Waals surface area contributed by atoms with Crippen molar-refractivity contribution < 1.29 is 13.9 Å². The van der Waals surface area contributed by atoms with Crippen LogP contribution in [0.15, 0.2) is 24.3 Å². The summed E-state index contributed by atoms with van der Waals surface area (Å²) in [6, 6.07) is 5.56. The molecule has 2 amide bonds. The van der Waals surface area contributed by atoms with Crippen LogP contribution in [0.3, 0.4) is 0 Å². The molecule has 4 nitrogen and oxygen atoms in total. The van der Waals surface area contributed by atoms with Crippen molar-refractivity contribution >= 4 is 6.03 Å². The van der Waals surface area contributed by atoms with Crippen LogP contribution in [0.25, 0.3) is 0 Å². The molecule has 1 rings (SSSR count). The van der Waals surface area contributed by atoms with Gasteiger partial charge in [0, 0.05) is 6.54 Å². The number of amides is 2. The molecular formula is C12H17FN2O2. The zero-order valence-electron chi connectivity index (χ0n) is 9.83. The first-order valence-corrected chi connectivity index (χ1v) is 5.62. The van der Waals surface area contributed by atoms with Crippen molar-refractivity contribution in [3.8, 4) is 5.75 Å². The second kappa shape index (κ2) is 7.49. The summed E-state index contributed by atoms with van der Waals surface area (Å²) in [5, 5.41) is 5.33. The quantitative estimate of drug-likeness (QED) is 0.746. The van der Waals surface area contributed by atoms with E-state index in [0.29, 0.717) is 25.4 Å². The largest absolute Gasteiger partial charge is 0.492 e. The van der Waals surface area contributed by atoms with Gasteiger partial charge < -0.3 is 15.4 Å². The van der Waals surface area contributed by atoms with E-state index in [1.165, 1.54) is 12.1 Å². The third-order valence-electron chi connectivity index (χ3n) is 2.01. The fraction of sp³-hybridized carbons (Fsp3) is 0.417. The number of hydrogen-bond acceptors (Lipinski definition) is 2. The molecule has 0 fully saturated rings. The summed E-state index contributed by atoms with van der Waals surface area (Å²) < 4.78 is 17.9. The minimum absolute atomic E-state index is 0.199. The molecule has 0 radical (unpaired) electrons. The maximum absolute atomic E-state index is 12.6. The van der Waals surface area contributed by atoms with E-state index in [0.717, 1.165) is 6.42 Å². The van der Waals surface area contributed by atoms with Crippen LogP contribution in [-0.4, -0.2) is 25.7 Å². The topological polar surface area (TPSA) is 50.4 Å². The van der Waals surface area contributed by atoms with Crippen LogP contribution in [0.1, 0.15) is 13.3 Å². The highest BCUT2D eigenvalue weighted by Gasteiger charge is 1.98. The van der Waals surface area contributed by atoms with Gasteiger partial charge in [0.05, 0.1) is 6.54 Å². The average Bonchev–Trinajstić information content (AvgIpc) is 2.34. The summed E-state index contributed by atoms with van der Waals surface area (Å²) in [5.74, 6) is 0.289. The summed E-state index contributed by atoms with van der Waals surface area (Å²) >= 11 is 0. The number of carbonyl (C=O) groups excluding carboxylic acids is 1. The van der Waals surface area contributed by atoms with E-state index in [2.05, 4.69) is 10.6 Å². The van der Waals surface area contributed by atoms with E-state index in [9.17, 15) is 9.18 Å². The lowest BCUT2D eigenvalue weighted by Gasteiger charge is -2.08. The van der Waals surface area contributed by atoms with E-state index in [1.54, 1.807) is 12.1 Å². The number of halogens is 1. The van der Waals surface area contributed by atoms with Crippen LogP contribution in [0.4, 0.5) is 9.18 Å². The molecule has 0 aliphatic heterocycles. The Morgan fingerprint density at radius 3 is 2.53 bits per heavy atom. The number of hydrogen-bond donors (Lipinski definition) is 2. The van der Waals surface area contributed by atoms with Crippen molar-refractivity contribution in [1.29, 1.82) is 0 Å². The van der Waals surface area contributed by atoms with E-state index in [4.69, 9.17) is 4.74 Å². The van der Waals surface area contributed by atoms with Gasteiger partial charge in [-0.05, 0) is 30.7 Å². The average molecular weight is 240 g/mol. The lowest BCUT2D eigenvalue weighted by atomic mass is 10.3. The Labute approximate surface area is 100 Å². The molecule has 0 saturated heterocycles. The van der Waals surface area contributed by atoms with Gasteiger partial charge in [0.25, 0.3) is 0 Å². The molecule has 0 bridgehead atoms. The SMILES string of the molecule is CCCNC(=O)NCCOc1ccc(F)cc1. The van der Waals surface area contributed by atoms with Crippen LogP contribution in [-0.2, 0) is 0 Å². The van der Waals surface area contributed by atoms with Crippen molar-refractivity contribution in [3.63, 3.8) is 0 Å². The van der Waals surface area contributed by atoms with Crippen LogP contribution in [0.5, 0.6) is 5.75 Å². The highest BCUT2D eigenvalue weighted by atomic mass is 19.1. The summed E-state index contributed by atoms with van der Waals surface area (Å²) in [7, 11) is 0. The first kappa shape index (κ1) is 13.3. The number of benzene rings is 1. The van der Waals surface area contributed by atoms with Gasteiger partial charge in [-0.25, -0.2) is 9.18 Å². The first-order chi connectivity index (χ1) is 8.22. The monoisotopic (exact) mass is 240 g/mol. The second-order valence-corrected chi connectivity index (χ2v) is 3.49. The molecule has 0 aromatic heterocycles. The highest BCUT2D eigenvalue weighted by molar-refractivity contribution is 5.73. The van der Waals surface area contributed by atoms with Crippen LogP contribution >= 0.6 is 0 Å². The van der Waals surface area contributed by atoms with Crippen LogP contribution in [0.2, 0.25) is 0 Å². The van der Waals surface area contributed by atoms with Crippen molar-refractivity contribution in [2.24, 2.45) is 0 Å². The number of rotatable bonds is 6. The molecule has 2 N–H and O–H groups in total. The van der Waals surface area contributed by atoms with E-state index >= 15 is 0 Å². The molecular weight excluding hydrogens is 223 g/mol. The third-order valence-corrected chi connectivity index (χ3v) is 2.01. The van der Waals surface area contributed by atoms with Gasteiger partial charge in [-0.3, -0.25) is 0 Å². The number of ether oxygens (including phenoxy) is 1. The smallest absolute Gasteiger partial charge is 0.314 e. The Bertz CT molecular complexity index is 341. The van der Waals surface area contributed by atoms with Crippen LogP contribution in [0, 0.1) is 5.82 Å². The molecule has 1 aromatic rings. The zero-order valence-corrected chi connectivity index (χ0v) is 9.83. The molecule has 0 spiro atoms. The predicted molar refractivity (Wildman–Crippen MR) is 63.6 cm³/mol. The maximum atomic E-state index is 12.6. The van der Waals surface area contributed by atoms with Gasteiger partial charge in [0.15, 0.2) is 0 Å². The lowest BCUT2D eigenvalue weighted by molar-refractivity contribution is 0.236. The normalized spacial score (nSPS) is 9.76. The Hall–Kier alpha value is -1.78. The van der Waals surface area contributed by atoms with Gasteiger partial charge in [-0.1, -0.05) is 6.92 Å². The summed E-state index contributed by atoms with van der Waals surface area (Å²) in [6.45, 7) is 3.40. The molecule has 94 valence electrons. The summed E-state index contributed by atoms with van der Waals surface area (Å²) in [5.41, 5.74) is 0. The van der Waals surface area contributed by atoms with E-state index < -0.39 is 0 Å². The van der Waals surface area contributed by atoms with Gasteiger partial charge in [0.1, 0.15) is 18.2 Å². The molecule has 0 aliphatic rings. The Morgan fingerprint density at radius 1 is 1.24 bits per heavy atom. The highest BCUT2D eigenvalue weighted by Crippen LogP contribution is 2.10. The first-order valence-electron chi connectivity index (χ1n) is 5.62. The molecule has 1 aromatic carbocycles. The fourth-order valence-electron chi connectivity index (χ4n) is 1.17. The molecule has 17 heavy (non-hydrogen) atoms. The minimum atomic E-state index is -0.297. The standard InChI is InChI=1S/C12H17FN2O2/c1-2-7-14-12(16)15-8-9-17-11-5-3-10(13)4-6-11/h3-6H,2,7-9H2,1H3,(H2,14,15,16). The Kier molecular flexibility index (Phi) is 5.85. The van der Waals surface area contributed by atoms with Gasteiger partial charge in [-0.15, -0.1) is 0 Å². The number of carbonyl (C=O) groups is 1. The van der Waals surface area contributed by atoms with Gasteiger partial charge >= 0.3 is 6.03 Å². The zero-order chi connectivity index (χ0) is 12.5. The second-order valence-electron chi connectivity index (χ2n) is 3.49. The van der Waals surface area contributed by atoms with Crippen LogP contribution < -0.4 is 15.4 Å². The molecule has 0 saturated carbocycles. The molecule has 5 heteroatoms. The molecule has 0 atom stereocenters. The van der Waals surface area contributed by atoms with E-state index in [1.807, 2.05) is 6.92 Å². The van der Waals surface area contributed by atoms with Gasteiger partial charge in [-0.2, -0.15) is 0 Å². The maximum Gasteiger partial charge on any atom is 0.314 e. The number of nitrogens with one attached hydrogen (secondary N) is 2.